The zero-order valence-electron chi connectivity index (χ0n) is 13.2. The molecule has 0 atom stereocenters. The van der Waals surface area contributed by atoms with Crippen LogP contribution in [0, 0.1) is 6.92 Å². The maximum Gasteiger partial charge on any atom is 0.336 e. The number of aryl methyl sites for hydroxylation is 1. The van der Waals surface area contributed by atoms with Crippen molar-refractivity contribution >= 4 is 16.9 Å². The summed E-state index contributed by atoms with van der Waals surface area (Å²) < 4.78 is 5.16. The number of phenolic OH excluding ortho intramolecular Hbond substituents is 1. The monoisotopic (exact) mass is 323 g/mol. The van der Waals surface area contributed by atoms with Crippen molar-refractivity contribution in [2.45, 2.75) is 13.3 Å². The second-order valence-electron chi connectivity index (χ2n) is 5.63. The Hall–Kier alpha value is -3.08. The number of aromatic hydroxyl groups is 1. The first-order chi connectivity index (χ1) is 11.5. The van der Waals surface area contributed by atoms with Gasteiger partial charge in [0, 0.05) is 23.6 Å². The molecule has 0 saturated carbocycles. The van der Waals surface area contributed by atoms with E-state index in [0.29, 0.717) is 24.1 Å². The van der Waals surface area contributed by atoms with Crippen LogP contribution < -0.4 is 10.9 Å². The summed E-state index contributed by atoms with van der Waals surface area (Å²) in [6.07, 6.45) is 0.661. The van der Waals surface area contributed by atoms with Gasteiger partial charge in [-0.05, 0) is 48.7 Å². The van der Waals surface area contributed by atoms with E-state index in [9.17, 15) is 14.7 Å². The number of fused-ring (bicyclic) bond motifs is 1. The summed E-state index contributed by atoms with van der Waals surface area (Å²) in [4.78, 5) is 23.7. The SMILES string of the molecule is Cc1cc(=O)oc2cc(C(=O)NCCc3ccc(O)cc3)ccc12. The van der Waals surface area contributed by atoms with Crippen LogP contribution in [0.3, 0.4) is 0 Å². The quantitative estimate of drug-likeness (QED) is 0.724. The molecule has 122 valence electrons. The molecule has 0 bridgehead atoms. The Morgan fingerprint density at radius 1 is 1.12 bits per heavy atom. The van der Waals surface area contributed by atoms with Gasteiger partial charge in [-0.15, -0.1) is 0 Å². The summed E-state index contributed by atoms with van der Waals surface area (Å²) in [5.41, 5.74) is 2.27. The number of hydrogen-bond acceptors (Lipinski definition) is 4. The lowest BCUT2D eigenvalue weighted by molar-refractivity contribution is 0.0954. The number of carbonyl (C=O) groups is 1. The first kappa shape index (κ1) is 15.8. The van der Waals surface area contributed by atoms with Gasteiger partial charge in [-0.2, -0.15) is 0 Å². The minimum absolute atomic E-state index is 0.218. The minimum atomic E-state index is -0.426. The highest BCUT2D eigenvalue weighted by atomic mass is 16.4. The molecule has 0 spiro atoms. The molecule has 24 heavy (non-hydrogen) atoms. The second-order valence-corrected chi connectivity index (χ2v) is 5.63. The number of benzene rings is 2. The third kappa shape index (κ3) is 3.46. The van der Waals surface area contributed by atoms with Crippen molar-refractivity contribution in [2.75, 3.05) is 6.54 Å². The van der Waals surface area contributed by atoms with E-state index in [1.165, 1.54) is 6.07 Å². The zero-order valence-corrected chi connectivity index (χ0v) is 13.2. The number of rotatable bonds is 4. The molecule has 5 nitrogen and oxygen atoms in total. The molecule has 1 amide bonds. The summed E-state index contributed by atoms with van der Waals surface area (Å²) >= 11 is 0. The minimum Gasteiger partial charge on any atom is -0.508 e. The van der Waals surface area contributed by atoms with Crippen LogP contribution in [-0.2, 0) is 6.42 Å². The molecule has 0 aliphatic carbocycles. The van der Waals surface area contributed by atoms with E-state index >= 15 is 0 Å². The van der Waals surface area contributed by atoms with Crippen LogP contribution in [0.25, 0.3) is 11.0 Å². The molecule has 0 radical (unpaired) electrons. The van der Waals surface area contributed by atoms with Crippen molar-refractivity contribution in [3.63, 3.8) is 0 Å². The molecule has 0 unspecified atom stereocenters. The van der Waals surface area contributed by atoms with Crippen LogP contribution in [0.1, 0.15) is 21.5 Å². The maximum absolute atomic E-state index is 12.2. The number of carbonyl (C=O) groups excluding carboxylic acids is 1. The van der Waals surface area contributed by atoms with Gasteiger partial charge >= 0.3 is 5.63 Å². The maximum atomic E-state index is 12.2. The van der Waals surface area contributed by atoms with Crippen LogP contribution in [0.5, 0.6) is 5.75 Å². The van der Waals surface area contributed by atoms with Crippen molar-refractivity contribution in [1.82, 2.24) is 5.32 Å². The molecule has 0 aliphatic rings. The highest BCUT2D eigenvalue weighted by Gasteiger charge is 2.09. The van der Waals surface area contributed by atoms with Gasteiger partial charge in [0.1, 0.15) is 11.3 Å². The fourth-order valence-electron chi connectivity index (χ4n) is 2.55. The third-order valence-corrected chi connectivity index (χ3v) is 3.85. The summed E-state index contributed by atoms with van der Waals surface area (Å²) in [6, 6.07) is 13.4. The Labute approximate surface area is 138 Å². The van der Waals surface area contributed by atoms with E-state index in [1.807, 2.05) is 19.1 Å². The van der Waals surface area contributed by atoms with E-state index in [-0.39, 0.29) is 11.7 Å². The summed E-state index contributed by atoms with van der Waals surface area (Å²) in [5.74, 6) is -0.00410. The summed E-state index contributed by atoms with van der Waals surface area (Å²) in [6.45, 7) is 2.30. The Morgan fingerprint density at radius 3 is 2.62 bits per heavy atom. The van der Waals surface area contributed by atoms with Crippen LogP contribution in [0.15, 0.2) is 57.7 Å². The van der Waals surface area contributed by atoms with Gasteiger partial charge in [0.2, 0.25) is 0 Å². The second kappa shape index (κ2) is 6.58. The van der Waals surface area contributed by atoms with Gasteiger partial charge < -0.3 is 14.8 Å². The van der Waals surface area contributed by atoms with E-state index in [2.05, 4.69) is 5.32 Å². The number of amides is 1. The molecule has 3 rings (SSSR count). The molecule has 3 aromatic rings. The average molecular weight is 323 g/mol. The molecule has 0 fully saturated rings. The van der Waals surface area contributed by atoms with Crippen LogP contribution in [0.2, 0.25) is 0 Å². The van der Waals surface area contributed by atoms with Crippen molar-refractivity contribution in [3.8, 4) is 5.75 Å². The molecular weight excluding hydrogens is 306 g/mol. The summed E-state index contributed by atoms with van der Waals surface area (Å²) in [7, 11) is 0. The van der Waals surface area contributed by atoms with Gasteiger partial charge in [-0.25, -0.2) is 4.79 Å². The van der Waals surface area contributed by atoms with Crippen molar-refractivity contribution in [1.29, 1.82) is 0 Å². The topological polar surface area (TPSA) is 79.5 Å². The molecule has 0 aliphatic heterocycles. The van der Waals surface area contributed by atoms with Crippen molar-refractivity contribution in [2.24, 2.45) is 0 Å². The van der Waals surface area contributed by atoms with Gasteiger partial charge in [-0.1, -0.05) is 18.2 Å². The fraction of sp³-hybridized carbons (Fsp3) is 0.158. The average Bonchev–Trinajstić information content (AvgIpc) is 2.56. The summed E-state index contributed by atoms with van der Waals surface area (Å²) in [5, 5.41) is 12.9. The van der Waals surface area contributed by atoms with Crippen LogP contribution in [0.4, 0.5) is 0 Å². The van der Waals surface area contributed by atoms with Crippen molar-refractivity contribution in [3.05, 3.63) is 75.6 Å². The lowest BCUT2D eigenvalue weighted by Gasteiger charge is -2.07. The standard InChI is InChI=1S/C19H17NO4/c1-12-10-18(22)24-17-11-14(4-7-16(12)17)19(23)20-9-8-13-2-5-15(21)6-3-13/h2-7,10-11,21H,8-9H2,1H3,(H,20,23). The highest BCUT2D eigenvalue weighted by molar-refractivity contribution is 5.97. The van der Waals surface area contributed by atoms with Gasteiger partial charge in [0.15, 0.2) is 0 Å². The predicted molar refractivity (Wildman–Crippen MR) is 91.4 cm³/mol. The van der Waals surface area contributed by atoms with Gasteiger partial charge in [0.25, 0.3) is 5.91 Å². The van der Waals surface area contributed by atoms with E-state index in [0.717, 1.165) is 16.5 Å². The Bertz CT molecular complexity index is 942. The Kier molecular flexibility index (Phi) is 4.33. The zero-order chi connectivity index (χ0) is 17.1. The molecular formula is C19H17NO4. The lowest BCUT2D eigenvalue weighted by atomic mass is 10.1. The van der Waals surface area contributed by atoms with Crippen LogP contribution in [-0.4, -0.2) is 17.6 Å². The molecule has 0 saturated heterocycles. The smallest absolute Gasteiger partial charge is 0.336 e. The first-order valence-electron chi connectivity index (χ1n) is 7.63. The van der Waals surface area contributed by atoms with Crippen molar-refractivity contribution < 1.29 is 14.3 Å². The number of hydrogen-bond donors (Lipinski definition) is 2. The van der Waals surface area contributed by atoms with Gasteiger partial charge in [-0.3, -0.25) is 4.79 Å². The molecule has 2 N–H and O–H groups in total. The first-order valence-corrected chi connectivity index (χ1v) is 7.63. The number of nitrogens with one attached hydrogen (secondary N) is 1. The number of phenols is 1. The predicted octanol–water partition coefficient (Wildman–Crippen LogP) is 2.78. The molecule has 5 heteroatoms. The Morgan fingerprint density at radius 2 is 1.88 bits per heavy atom. The third-order valence-electron chi connectivity index (χ3n) is 3.85. The molecule has 1 heterocycles. The van der Waals surface area contributed by atoms with E-state index in [4.69, 9.17) is 4.42 Å². The van der Waals surface area contributed by atoms with Crippen LogP contribution >= 0.6 is 0 Å². The fourth-order valence-corrected chi connectivity index (χ4v) is 2.55. The van der Waals surface area contributed by atoms with Gasteiger partial charge in [0.05, 0.1) is 0 Å². The largest absolute Gasteiger partial charge is 0.508 e. The van der Waals surface area contributed by atoms with E-state index < -0.39 is 5.63 Å². The lowest BCUT2D eigenvalue weighted by Crippen LogP contribution is -2.25. The Balaban J connectivity index is 1.69. The molecule has 2 aromatic carbocycles. The van der Waals surface area contributed by atoms with E-state index in [1.54, 1.807) is 30.3 Å². The normalized spacial score (nSPS) is 10.7. The highest BCUT2D eigenvalue weighted by Crippen LogP contribution is 2.18. The molecule has 1 aromatic heterocycles.